The number of hydrogen-bond acceptors (Lipinski definition) is 4. The maximum absolute atomic E-state index is 12.8. The molecular formula is C26H30N2O5. The van der Waals surface area contributed by atoms with E-state index >= 15 is 0 Å². The summed E-state index contributed by atoms with van der Waals surface area (Å²) in [5.74, 6) is -1.09. The summed E-state index contributed by atoms with van der Waals surface area (Å²) >= 11 is 0. The van der Waals surface area contributed by atoms with E-state index in [-0.39, 0.29) is 37.3 Å². The molecule has 2 amide bonds. The van der Waals surface area contributed by atoms with Crippen molar-refractivity contribution in [3.8, 4) is 11.1 Å². The van der Waals surface area contributed by atoms with Crippen LogP contribution in [0.25, 0.3) is 11.1 Å². The number of ether oxygens (including phenoxy) is 1. The minimum absolute atomic E-state index is 0.0331. The summed E-state index contributed by atoms with van der Waals surface area (Å²) in [5, 5.41) is 11.9. The molecule has 1 unspecified atom stereocenters. The van der Waals surface area contributed by atoms with E-state index in [0.29, 0.717) is 13.0 Å². The Kier molecular flexibility index (Phi) is 6.40. The second kappa shape index (κ2) is 9.25. The van der Waals surface area contributed by atoms with Gasteiger partial charge in [0, 0.05) is 30.5 Å². The van der Waals surface area contributed by atoms with Gasteiger partial charge in [0.25, 0.3) is 0 Å². The molecule has 0 radical (unpaired) electrons. The molecule has 4 rings (SSSR count). The standard InChI is InChI=1S/C26H30N2O5/c1-26(2,15-23(29)28-13-7-8-17(28)14-24(30)31)27-25(32)33-16-22-20-11-5-3-9-18(20)19-10-4-6-12-21(19)22/h3-6,9-12,17,22H,7-8,13-16H2,1-2H3,(H,27,32)(H,30,31). The molecule has 0 spiro atoms. The van der Waals surface area contributed by atoms with Crippen LogP contribution in [0.15, 0.2) is 48.5 Å². The van der Waals surface area contributed by atoms with E-state index in [0.717, 1.165) is 28.7 Å². The summed E-state index contributed by atoms with van der Waals surface area (Å²) < 4.78 is 5.60. The summed E-state index contributed by atoms with van der Waals surface area (Å²) in [5.41, 5.74) is 3.78. The molecule has 2 aliphatic rings. The van der Waals surface area contributed by atoms with Crippen LogP contribution in [0.5, 0.6) is 0 Å². The molecule has 1 fully saturated rings. The molecule has 2 aromatic carbocycles. The van der Waals surface area contributed by atoms with E-state index in [9.17, 15) is 14.4 Å². The number of hydrogen-bond donors (Lipinski definition) is 2. The fraction of sp³-hybridized carbons (Fsp3) is 0.423. The van der Waals surface area contributed by atoms with Gasteiger partial charge in [-0.05, 0) is 48.9 Å². The molecule has 1 atom stereocenters. The van der Waals surface area contributed by atoms with Crippen LogP contribution in [0, 0.1) is 0 Å². The molecule has 1 saturated heterocycles. The summed E-state index contributed by atoms with van der Waals surface area (Å²) in [6, 6.07) is 16.0. The number of amides is 2. The second-order valence-corrected chi connectivity index (χ2v) is 9.49. The molecule has 33 heavy (non-hydrogen) atoms. The van der Waals surface area contributed by atoms with Gasteiger partial charge < -0.3 is 20.1 Å². The fourth-order valence-electron chi connectivity index (χ4n) is 5.01. The van der Waals surface area contributed by atoms with Gasteiger partial charge in [-0.15, -0.1) is 0 Å². The third-order valence-corrected chi connectivity index (χ3v) is 6.49. The number of carbonyl (C=O) groups is 3. The first-order valence-corrected chi connectivity index (χ1v) is 11.4. The van der Waals surface area contributed by atoms with Crippen molar-refractivity contribution in [3.05, 3.63) is 59.7 Å². The lowest BCUT2D eigenvalue weighted by Gasteiger charge is -2.30. The maximum Gasteiger partial charge on any atom is 0.407 e. The summed E-state index contributed by atoms with van der Waals surface area (Å²) in [6.45, 7) is 4.30. The zero-order chi connectivity index (χ0) is 23.6. The average molecular weight is 451 g/mol. The highest BCUT2D eigenvalue weighted by molar-refractivity contribution is 5.81. The highest BCUT2D eigenvalue weighted by atomic mass is 16.5. The Labute approximate surface area is 193 Å². The van der Waals surface area contributed by atoms with Crippen molar-refractivity contribution in [3.63, 3.8) is 0 Å². The Morgan fingerprint density at radius 3 is 2.27 bits per heavy atom. The number of carbonyl (C=O) groups excluding carboxylic acids is 2. The monoisotopic (exact) mass is 450 g/mol. The smallest absolute Gasteiger partial charge is 0.407 e. The molecule has 174 valence electrons. The maximum atomic E-state index is 12.8. The predicted molar refractivity (Wildman–Crippen MR) is 124 cm³/mol. The summed E-state index contributed by atoms with van der Waals surface area (Å²) in [6.07, 6.45) is 0.944. The first kappa shape index (κ1) is 22.8. The van der Waals surface area contributed by atoms with Crippen LogP contribution in [-0.2, 0) is 14.3 Å². The third kappa shape index (κ3) is 5.02. The first-order valence-electron chi connectivity index (χ1n) is 11.4. The van der Waals surface area contributed by atoms with Crippen LogP contribution in [0.2, 0.25) is 0 Å². The quantitative estimate of drug-likeness (QED) is 0.660. The Hall–Kier alpha value is -3.35. The summed E-state index contributed by atoms with van der Waals surface area (Å²) in [4.78, 5) is 38.1. The lowest BCUT2D eigenvalue weighted by molar-refractivity contribution is -0.140. The van der Waals surface area contributed by atoms with Crippen LogP contribution in [0.4, 0.5) is 4.79 Å². The normalized spacial score (nSPS) is 17.4. The topological polar surface area (TPSA) is 95.9 Å². The number of carboxylic acids is 1. The van der Waals surface area contributed by atoms with E-state index in [1.807, 2.05) is 24.3 Å². The summed E-state index contributed by atoms with van der Waals surface area (Å²) in [7, 11) is 0. The van der Waals surface area contributed by atoms with Gasteiger partial charge in [0.2, 0.25) is 5.91 Å². The highest BCUT2D eigenvalue weighted by Crippen LogP contribution is 2.44. The Bertz CT molecular complexity index is 1020. The zero-order valence-electron chi connectivity index (χ0n) is 19.0. The van der Waals surface area contributed by atoms with Gasteiger partial charge in [0.1, 0.15) is 6.61 Å². The molecular weight excluding hydrogens is 420 g/mol. The average Bonchev–Trinajstić information content (AvgIpc) is 3.33. The minimum Gasteiger partial charge on any atom is -0.481 e. The van der Waals surface area contributed by atoms with E-state index < -0.39 is 17.6 Å². The van der Waals surface area contributed by atoms with Crippen molar-refractivity contribution in [1.82, 2.24) is 10.2 Å². The van der Waals surface area contributed by atoms with Gasteiger partial charge >= 0.3 is 12.1 Å². The van der Waals surface area contributed by atoms with E-state index in [1.165, 1.54) is 0 Å². The number of carboxylic acid groups (broad SMARTS) is 1. The second-order valence-electron chi connectivity index (χ2n) is 9.49. The number of rotatable bonds is 7. The molecule has 0 aromatic heterocycles. The third-order valence-electron chi connectivity index (χ3n) is 6.49. The van der Waals surface area contributed by atoms with E-state index in [2.05, 4.69) is 29.6 Å². The number of nitrogens with one attached hydrogen (secondary N) is 1. The number of alkyl carbamates (subject to hydrolysis) is 1. The number of nitrogens with zero attached hydrogens (tertiary/aromatic N) is 1. The molecule has 2 aromatic rings. The van der Waals surface area contributed by atoms with Crippen LogP contribution >= 0.6 is 0 Å². The molecule has 1 aliphatic carbocycles. The van der Waals surface area contributed by atoms with Crippen LogP contribution < -0.4 is 5.32 Å². The number of benzene rings is 2. The SMILES string of the molecule is CC(C)(CC(=O)N1CCCC1CC(=O)O)NC(=O)OCC1c2ccccc2-c2ccccc21. The van der Waals surface area contributed by atoms with E-state index in [4.69, 9.17) is 9.84 Å². The van der Waals surface area contributed by atoms with Crippen molar-refractivity contribution in [2.75, 3.05) is 13.2 Å². The van der Waals surface area contributed by atoms with E-state index in [1.54, 1.807) is 18.7 Å². The van der Waals surface area contributed by atoms with Gasteiger partial charge in [-0.25, -0.2) is 4.79 Å². The van der Waals surface area contributed by atoms with Crippen molar-refractivity contribution in [2.45, 2.75) is 57.0 Å². The lowest BCUT2D eigenvalue weighted by Crippen LogP contribution is -2.48. The Balaban J connectivity index is 1.35. The van der Waals surface area contributed by atoms with Crippen molar-refractivity contribution in [1.29, 1.82) is 0 Å². The predicted octanol–water partition coefficient (Wildman–Crippen LogP) is 4.16. The Morgan fingerprint density at radius 1 is 1.06 bits per heavy atom. The highest BCUT2D eigenvalue weighted by Gasteiger charge is 2.35. The molecule has 1 aliphatic heterocycles. The van der Waals surface area contributed by atoms with Gasteiger partial charge in [-0.3, -0.25) is 9.59 Å². The van der Waals surface area contributed by atoms with Crippen LogP contribution in [0.1, 0.15) is 56.6 Å². The Morgan fingerprint density at radius 2 is 1.67 bits per heavy atom. The van der Waals surface area contributed by atoms with Crippen molar-refractivity contribution >= 4 is 18.0 Å². The molecule has 0 saturated carbocycles. The van der Waals surface area contributed by atoms with Gasteiger partial charge in [0.05, 0.1) is 6.42 Å². The van der Waals surface area contributed by atoms with Gasteiger partial charge in [0.15, 0.2) is 0 Å². The molecule has 0 bridgehead atoms. The number of aliphatic carboxylic acids is 1. The molecule has 2 N–H and O–H groups in total. The zero-order valence-corrected chi connectivity index (χ0v) is 19.0. The fourth-order valence-corrected chi connectivity index (χ4v) is 5.01. The number of fused-ring (bicyclic) bond motifs is 3. The van der Waals surface area contributed by atoms with Gasteiger partial charge in [-0.1, -0.05) is 48.5 Å². The van der Waals surface area contributed by atoms with Crippen molar-refractivity contribution < 1.29 is 24.2 Å². The lowest BCUT2D eigenvalue weighted by atomic mass is 9.98. The first-order chi connectivity index (χ1) is 15.7. The molecule has 1 heterocycles. The largest absolute Gasteiger partial charge is 0.481 e. The van der Waals surface area contributed by atoms with Gasteiger partial charge in [-0.2, -0.15) is 0 Å². The minimum atomic E-state index is -0.907. The molecule has 7 nitrogen and oxygen atoms in total. The van der Waals surface area contributed by atoms with Crippen LogP contribution in [-0.4, -0.2) is 52.7 Å². The van der Waals surface area contributed by atoms with Crippen LogP contribution in [0.3, 0.4) is 0 Å². The number of likely N-dealkylation sites (tertiary alicyclic amines) is 1. The van der Waals surface area contributed by atoms with Crippen molar-refractivity contribution in [2.24, 2.45) is 0 Å². The molecule has 7 heteroatoms.